The van der Waals surface area contributed by atoms with E-state index in [4.69, 9.17) is 9.47 Å². The van der Waals surface area contributed by atoms with Crippen molar-refractivity contribution in [1.29, 1.82) is 0 Å². The zero-order chi connectivity index (χ0) is 23.5. The molecule has 0 amide bonds. The summed E-state index contributed by atoms with van der Waals surface area (Å²) in [5, 5.41) is 0. The number of carbonyl (C=O) groups excluding carboxylic acids is 1. The van der Waals surface area contributed by atoms with E-state index >= 15 is 0 Å². The molecule has 0 saturated carbocycles. The van der Waals surface area contributed by atoms with Crippen LogP contribution in [0.4, 0.5) is 26.3 Å². The smallest absolute Gasteiger partial charge is 0.340 e. The normalized spacial score (nSPS) is 12.6. The Morgan fingerprint density at radius 3 is 2.44 bits per heavy atom. The highest BCUT2D eigenvalue weighted by atomic mass is 19.3. The first-order chi connectivity index (χ1) is 15.1. The van der Waals surface area contributed by atoms with Crippen molar-refractivity contribution in [2.24, 2.45) is 0 Å². The summed E-state index contributed by atoms with van der Waals surface area (Å²) in [5.74, 6) is -6.93. The molecular weight excluding hydrogens is 442 g/mol. The molecule has 0 saturated heterocycles. The maximum Gasteiger partial charge on any atom is 0.340 e. The summed E-state index contributed by atoms with van der Waals surface area (Å²) in [6.07, 6.45) is -2.18. The number of ketones is 1. The minimum Gasteiger partial charge on any atom is -0.487 e. The van der Waals surface area contributed by atoms with Gasteiger partial charge in [-0.15, -0.1) is 0 Å². The molecule has 3 rings (SSSR count). The molecule has 2 aromatic carbocycles. The topological polar surface area (TPSA) is 53.4 Å². The Hall–Kier alpha value is -3.50. The van der Waals surface area contributed by atoms with E-state index < -0.39 is 42.5 Å². The largest absolute Gasteiger partial charge is 0.487 e. The van der Waals surface area contributed by atoms with Crippen LogP contribution in [0.2, 0.25) is 0 Å². The number of hydrogen-bond donors (Lipinski definition) is 0. The summed E-state index contributed by atoms with van der Waals surface area (Å²) < 4.78 is 88.9. The van der Waals surface area contributed by atoms with Gasteiger partial charge in [0.25, 0.3) is 0 Å². The Morgan fingerprint density at radius 2 is 1.81 bits per heavy atom. The molecule has 32 heavy (non-hydrogen) atoms. The van der Waals surface area contributed by atoms with Crippen molar-refractivity contribution < 1.29 is 40.6 Å². The standard InChI is InChI=1S/C21H16F6N2O3/c1-12(18(30)16-7-2-13(22)10-17(16)23)32-20-28-8-9-29(20)14-3-5-15(6-4-14)31-11-21(26,27)19(24)25/h2-10,12,19H,11H2,1H3/t12-/m1/s1. The average Bonchev–Trinajstić information content (AvgIpc) is 3.20. The molecule has 0 N–H and O–H groups in total. The Bertz CT molecular complexity index is 1090. The number of carbonyl (C=O) groups is 1. The number of imidazole rings is 1. The Morgan fingerprint density at radius 1 is 1.12 bits per heavy atom. The third-order valence-corrected chi connectivity index (χ3v) is 4.32. The SMILES string of the molecule is C[C@@H](Oc1nccn1-c1ccc(OCC(F)(F)C(F)F)cc1)C(=O)c1ccc(F)cc1F. The second kappa shape index (κ2) is 9.33. The fraction of sp³-hybridized carbons (Fsp3) is 0.238. The number of halogens is 6. The Kier molecular flexibility index (Phi) is 6.75. The van der Waals surface area contributed by atoms with E-state index in [2.05, 4.69) is 4.98 Å². The van der Waals surface area contributed by atoms with Crippen LogP contribution in [0.25, 0.3) is 5.69 Å². The third kappa shape index (κ3) is 5.21. The van der Waals surface area contributed by atoms with Crippen LogP contribution in [-0.2, 0) is 0 Å². The van der Waals surface area contributed by atoms with E-state index in [9.17, 15) is 31.1 Å². The van der Waals surface area contributed by atoms with E-state index in [1.54, 1.807) is 0 Å². The summed E-state index contributed by atoms with van der Waals surface area (Å²) >= 11 is 0. The fourth-order valence-corrected chi connectivity index (χ4v) is 2.64. The predicted octanol–water partition coefficient (Wildman–Crippen LogP) is 5.08. The van der Waals surface area contributed by atoms with Gasteiger partial charge in [-0.1, -0.05) is 0 Å². The third-order valence-electron chi connectivity index (χ3n) is 4.32. The number of Topliss-reactive ketones (excluding diaryl/α,β-unsaturated/α-hetero) is 1. The van der Waals surface area contributed by atoms with Crippen molar-refractivity contribution >= 4 is 5.78 Å². The van der Waals surface area contributed by atoms with Gasteiger partial charge < -0.3 is 9.47 Å². The lowest BCUT2D eigenvalue weighted by atomic mass is 10.1. The van der Waals surface area contributed by atoms with Crippen molar-refractivity contribution in [3.05, 3.63) is 72.1 Å². The summed E-state index contributed by atoms with van der Waals surface area (Å²) in [6.45, 7) is -0.118. The van der Waals surface area contributed by atoms with Crippen molar-refractivity contribution in [3.8, 4) is 17.4 Å². The minimum atomic E-state index is -4.28. The number of ether oxygens (including phenoxy) is 2. The van der Waals surface area contributed by atoms with Gasteiger partial charge in [-0.2, -0.15) is 8.78 Å². The molecule has 1 atom stereocenters. The molecule has 0 aliphatic carbocycles. The van der Waals surface area contributed by atoms with Gasteiger partial charge in [0, 0.05) is 18.5 Å². The van der Waals surface area contributed by atoms with E-state index in [0.29, 0.717) is 11.8 Å². The van der Waals surface area contributed by atoms with Crippen LogP contribution in [0.5, 0.6) is 11.8 Å². The van der Waals surface area contributed by atoms with Crippen LogP contribution in [0.3, 0.4) is 0 Å². The molecule has 1 heterocycles. The van der Waals surface area contributed by atoms with E-state index in [1.165, 1.54) is 48.1 Å². The van der Waals surface area contributed by atoms with Crippen LogP contribution in [0, 0.1) is 11.6 Å². The van der Waals surface area contributed by atoms with Gasteiger partial charge in [-0.25, -0.2) is 22.5 Å². The molecule has 0 aliphatic heterocycles. The molecule has 0 radical (unpaired) electrons. The van der Waals surface area contributed by atoms with E-state index in [1.807, 2.05) is 0 Å². The van der Waals surface area contributed by atoms with Crippen molar-refractivity contribution in [1.82, 2.24) is 9.55 Å². The summed E-state index contributed by atoms with van der Waals surface area (Å²) in [7, 11) is 0. The summed E-state index contributed by atoms with van der Waals surface area (Å²) in [4.78, 5) is 16.4. The second-order valence-electron chi connectivity index (χ2n) is 6.67. The molecule has 0 fully saturated rings. The lowest BCUT2D eigenvalue weighted by Gasteiger charge is -2.17. The van der Waals surface area contributed by atoms with Crippen LogP contribution in [0.1, 0.15) is 17.3 Å². The maximum atomic E-state index is 13.9. The first-order valence-electron chi connectivity index (χ1n) is 9.17. The van der Waals surface area contributed by atoms with Gasteiger partial charge in [0.05, 0.1) is 11.3 Å². The fourth-order valence-electron chi connectivity index (χ4n) is 2.64. The van der Waals surface area contributed by atoms with Crippen molar-refractivity contribution in [2.75, 3.05) is 6.61 Å². The Balaban J connectivity index is 1.70. The maximum absolute atomic E-state index is 13.9. The minimum absolute atomic E-state index is 0.0359. The molecule has 0 spiro atoms. The number of nitrogens with zero attached hydrogens (tertiary/aromatic N) is 2. The molecule has 0 bridgehead atoms. The molecule has 11 heteroatoms. The highest BCUT2D eigenvalue weighted by Crippen LogP contribution is 2.26. The van der Waals surface area contributed by atoms with Gasteiger partial charge in [-0.3, -0.25) is 9.36 Å². The zero-order valence-electron chi connectivity index (χ0n) is 16.4. The first-order valence-corrected chi connectivity index (χ1v) is 9.17. The molecule has 170 valence electrons. The van der Waals surface area contributed by atoms with Gasteiger partial charge >= 0.3 is 18.4 Å². The molecule has 0 aliphatic rings. The molecule has 0 unspecified atom stereocenters. The van der Waals surface area contributed by atoms with Crippen LogP contribution >= 0.6 is 0 Å². The highest BCUT2D eigenvalue weighted by molar-refractivity contribution is 5.99. The van der Waals surface area contributed by atoms with Gasteiger partial charge in [0.15, 0.2) is 12.7 Å². The first kappa shape index (κ1) is 23.2. The van der Waals surface area contributed by atoms with Gasteiger partial charge in [0.2, 0.25) is 5.78 Å². The second-order valence-corrected chi connectivity index (χ2v) is 6.67. The number of alkyl halides is 4. The highest BCUT2D eigenvalue weighted by Gasteiger charge is 2.41. The lowest BCUT2D eigenvalue weighted by molar-refractivity contribution is -0.148. The quantitative estimate of drug-likeness (QED) is 0.332. The lowest BCUT2D eigenvalue weighted by Crippen LogP contribution is -2.33. The van der Waals surface area contributed by atoms with Gasteiger partial charge in [-0.05, 0) is 43.3 Å². The van der Waals surface area contributed by atoms with Crippen LogP contribution in [0.15, 0.2) is 54.9 Å². The summed E-state index contributed by atoms with van der Waals surface area (Å²) in [6, 6.07) is 7.92. The van der Waals surface area contributed by atoms with Crippen LogP contribution in [-0.4, -0.2) is 40.4 Å². The Labute approximate surface area is 178 Å². The van der Waals surface area contributed by atoms with E-state index in [-0.39, 0.29) is 17.3 Å². The predicted molar refractivity (Wildman–Crippen MR) is 101 cm³/mol. The monoisotopic (exact) mass is 458 g/mol. The van der Waals surface area contributed by atoms with E-state index in [0.717, 1.165) is 12.1 Å². The number of rotatable bonds is 9. The van der Waals surface area contributed by atoms with Gasteiger partial charge in [0.1, 0.15) is 17.4 Å². The molecule has 3 aromatic rings. The number of hydrogen-bond acceptors (Lipinski definition) is 4. The zero-order valence-corrected chi connectivity index (χ0v) is 16.4. The number of aromatic nitrogens is 2. The average molecular weight is 458 g/mol. The molecule has 1 aromatic heterocycles. The molecular formula is C21H16F6N2O3. The number of benzene rings is 2. The van der Waals surface area contributed by atoms with Crippen molar-refractivity contribution in [3.63, 3.8) is 0 Å². The molecule has 5 nitrogen and oxygen atoms in total. The van der Waals surface area contributed by atoms with Crippen LogP contribution < -0.4 is 9.47 Å². The summed E-state index contributed by atoms with van der Waals surface area (Å²) in [5.41, 5.74) is 0.0807. The van der Waals surface area contributed by atoms with Crippen molar-refractivity contribution in [2.45, 2.75) is 25.4 Å².